The first kappa shape index (κ1) is 22.8. The van der Waals surface area contributed by atoms with E-state index < -0.39 is 0 Å². The molecule has 0 saturated carbocycles. The lowest BCUT2D eigenvalue weighted by Crippen LogP contribution is -2.36. The smallest absolute Gasteiger partial charge is 0.191 e. The Morgan fingerprint density at radius 1 is 1.03 bits per heavy atom. The van der Waals surface area contributed by atoms with Gasteiger partial charge in [-0.25, -0.2) is 14.1 Å². The van der Waals surface area contributed by atoms with E-state index in [2.05, 4.69) is 25.7 Å². The monoisotopic (exact) mass is 508 g/mol. The van der Waals surface area contributed by atoms with Crippen LogP contribution >= 0.6 is 24.0 Å². The highest BCUT2D eigenvalue weighted by Gasteiger charge is 2.06. The summed E-state index contributed by atoms with van der Waals surface area (Å²) in [5.74, 6) is 1.23. The molecule has 0 atom stereocenters. The Kier molecular flexibility index (Phi) is 8.12. The Balaban J connectivity index is 0.00000300. The number of aryl methyl sites for hydroxylation is 3. The molecule has 0 aliphatic heterocycles. The Bertz CT molecular complexity index is 981. The number of aliphatic imine (C=N–C) groups is 1. The molecule has 0 aliphatic rings. The second-order valence-corrected chi connectivity index (χ2v) is 6.73. The Morgan fingerprint density at radius 2 is 1.72 bits per heavy atom. The van der Waals surface area contributed by atoms with Crippen molar-refractivity contribution in [2.24, 2.45) is 4.99 Å². The van der Waals surface area contributed by atoms with Crippen LogP contribution in [0.15, 0.2) is 47.6 Å². The molecule has 0 unspecified atom stereocenters. The number of nitrogens with zero attached hydrogens (tertiary/aromatic N) is 4. The summed E-state index contributed by atoms with van der Waals surface area (Å²) in [6.45, 7) is 6.79. The summed E-state index contributed by atoms with van der Waals surface area (Å²) in [6.07, 6.45) is 1.82. The van der Waals surface area contributed by atoms with E-state index >= 15 is 0 Å². The zero-order chi connectivity index (χ0) is 20.1. The van der Waals surface area contributed by atoms with Gasteiger partial charge >= 0.3 is 0 Å². The highest BCUT2D eigenvalue weighted by Crippen LogP contribution is 2.11. The van der Waals surface area contributed by atoms with Crippen LogP contribution in [0.3, 0.4) is 0 Å². The quantitative estimate of drug-likeness (QED) is 0.313. The minimum atomic E-state index is -0.198. The van der Waals surface area contributed by atoms with Gasteiger partial charge in [-0.05, 0) is 55.7 Å². The van der Waals surface area contributed by atoms with E-state index in [4.69, 9.17) is 0 Å². The van der Waals surface area contributed by atoms with E-state index in [9.17, 15) is 4.39 Å². The van der Waals surface area contributed by atoms with Crippen molar-refractivity contribution in [2.45, 2.75) is 33.9 Å². The third-order valence-electron chi connectivity index (χ3n) is 4.42. The van der Waals surface area contributed by atoms with Crippen LogP contribution < -0.4 is 10.6 Å². The molecule has 2 aromatic heterocycles. The fraction of sp³-hybridized carbons (Fsp3) is 0.286. The van der Waals surface area contributed by atoms with Crippen molar-refractivity contribution in [3.8, 4) is 5.82 Å². The van der Waals surface area contributed by atoms with Gasteiger partial charge in [0.1, 0.15) is 5.82 Å². The molecule has 2 N–H and O–H groups in total. The standard InChI is InChI=1S/C21H25FN6.HI/c1-14-5-6-17(10-19(14)22)11-25-21(23-4)26-13-18-7-8-20(24-12-18)28-16(3)9-15(2)27-28;/h5-10,12H,11,13H2,1-4H3,(H2,23,25,26);1H. The van der Waals surface area contributed by atoms with E-state index in [1.165, 1.54) is 6.07 Å². The molecule has 0 spiro atoms. The van der Waals surface area contributed by atoms with E-state index in [1.807, 2.05) is 49.0 Å². The number of halogens is 2. The van der Waals surface area contributed by atoms with Crippen LogP contribution in [0, 0.1) is 26.6 Å². The summed E-state index contributed by atoms with van der Waals surface area (Å²) < 4.78 is 15.5. The number of benzene rings is 1. The van der Waals surface area contributed by atoms with Crippen LogP contribution in [0.5, 0.6) is 0 Å². The molecule has 0 bridgehead atoms. The zero-order valence-corrected chi connectivity index (χ0v) is 19.4. The largest absolute Gasteiger partial charge is 0.352 e. The average molecular weight is 508 g/mol. The van der Waals surface area contributed by atoms with Gasteiger partial charge < -0.3 is 10.6 Å². The topological polar surface area (TPSA) is 67.1 Å². The summed E-state index contributed by atoms with van der Waals surface area (Å²) in [7, 11) is 1.70. The van der Waals surface area contributed by atoms with Gasteiger partial charge in [-0.1, -0.05) is 18.2 Å². The van der Waals surface area contributed by atoms with Crippen LogP contribution in [0.25, 0.3) is 5.82 Å². The molecule has 29 heavy (non-hydrogen) atoms. The Hall–Kier alpha value is -2.49. The van der Waals surface area contributed by atoms with Crippen LogP contribution in [0.2, 0.25) is 0 Å². The second-order valence-electron chi connectivity index (χ2n) is 6.73. The van der Waals surface area contributed by atoms with Crippen LogP contribution in [-0.4, -0.2) is 27.8 Å². The Morgan fingerprint density at radius 3 is 2.28 bits per heavy atom. The maximum Gasteiger partial charge on any atom is 0.191 e. The SMILES string of the molecule is CN=C(NCc1ccc(-n2nc(C)cc2C)nc1)NCc1ccc(C)c(F)c1.I. The van der Waals surface area contributed by atoms with Crippen LogP contribution in [-0.2, 0) is 13.1 Å². The van der Waals surface area contributed by atoms with Crippen LogP contribution in [0.4, 0.5) is 4.39 Å². The lowest BCUT2D eigenvalue weighted by molar-refractivity contribution is 0.615. The molecule has 154 valence electrons. The average Bonchev–Trinajstić information content (AvgIpc) is 3.03. The van der Waals surface area contributed by atoms with Crippen molar-refractivity contribution in [1.82, 2.24) is 25.4 Å². The number of nitrogens with one attached hydrogen (secondary N) is 2. The van der Waals surface area contributed by atoms with Gasteiger partial charge in [-0.2, -0.15) is 5.10 Å². The highest BCUT2D eigenvalue weighted by atomic mass is 127. The minimum Gasteiger partial charge on any atom is -0.352 e. The van der Waals surface area contributed by atoms with Gasteiger partial charge in [0.25, 0.3) is 0 Å². The van der Waals surface area contributed by atoms with E-state index in [-0.39, 0.29) is 29.8 Å². The minimum absolute atomic E-state index is 0. The van der Waals surface area contributed by atoms with Crippen molar-refractivity contribution in [1.29, 1.82) is 0 Å². The number of guanidine groups is 1. The molecule has 8 heteroatoms. The molecule has 0 saturated heterocycles. The molecule has 6 nitrogen and oxygen atoms in total. The molecular weight excluding hydrogens is 482 g/mol. The molecule has 0 radical (unpaired) electrons. The van der Waals surface area contributed by atoms with Crippen LogP contribution in [0.1, 0.15) is 28.1 Å². The van der Waals surface area contributed by atoms with Gasteiger partial charge in [0.05, 0.1) is 5.69 Å². The van der Waals surface area contributed by atoms with Crippen molar-refractivity contribution in [3.05, 3.63) is 76.5 Å². The van der Waals surface area contributed by atoms with Gasteiger partial charge in [0, 0.05) is 32.0 Å². The van der Waals surface area contributed by atoms with Crippen molar-refractivity contribution >= 4 is 29.9 Å². The maximum absolute atomic E-state index is 13.6. The number of hydrogen-bond acceptors (Lipinski definition) is 3. The molecule has 3 rings (SSSR count). The van der Waals surface area contributed by atoms with E-state index in [0.29, 0.717) is 24.6 Å². The summed E-state index contributed by atoms with van der Waals surface area (Å²) in [4.78, 5) is 8.70. The first-order valence-electron chi connectivity index (χ1n) is 9.14. The third kappa shape index (κ3) is 5.99. The zero-order valence-electron chi connectivity index (χ0n) is 17.0. The van der Waals surface area contributed by atoms with Crippen molar-refractivity contribution in [3.63, 3.8) is 0 Å². The predicted octanol–water partition coefficient (Wildman–Crippen LogP) is 3.81. The normalized spacial score (nSPS) is 11.1. The van der Waals surface area contributed by atoms with Gasteiger partial charge in [0.2, 0.25) is 0 Å². The molecule has 1 aromatic carbocycles. The maximum atomic E-state index is 13.6. The number of pyridine rings is 1. The van der Waals surface area contributed by atoms with E-state index in [1.54, 1.807) is 20.0 Å². The van der Waals surface area contributed by atoms with Gasteiger partial charge in [-0.15, -0.1) is 24.0 Å². The lowest BCUT2D eigenvalue weighted by atomic mass is 10.1. The fourth-order valence-corrected chi connectivity index (χ4v) is 2.85. The molecule has 2 heterocycles. The number of aromatic nitrogens is 3. The highest BCUT2D eigenvalue weighted by molar-refractivity contribution is 14.0. The predicted molar refractivity (Wildman–Crippen MR) is 124 cm³/mol. The second kappa shape index (κ2) is 10.3. The molecular formula is C21H26FIN6. The van der Waals surface area contributed by atoms with Gasteiger partial charge in [0.15, 0.2) is 11.8 Å². The molecule has 3 aromatic rings. The summed E-state index contributed by atoms with van der Waals surface area (Å²) in [5.41, 5.74) is 4.54. The van der Waals surface area contributed by atoms with E-state index in [0.717, 1.165) is 28.3 Å². The summed E-state index contributed by atoms with van der Waals surface area (Å²) in [6, 6.07) is 11.2. The third-order valence-corrected chi connectivity index (χ3v) is 4.42. The fourth-order valence-electron chi connectivity index (χ4n) is 2.85. The van der Waals surface area contributed by atoms with Crippen molar-refractivity contribution in [2.75, 3.05) is 7.05 Å². The molecule has 0 aliphatic carbocycles. The first-order valence-corrected chi connectivity index (χ1v) is 9.14. The van der Waals surface area contributed by atoms with Gasteiger partial charge in [-0.3, -0.25) is 4.99 Å². The number of rotatable bonds is 5. The molecule has 0 fully saturated rings. The molecule has 0 amide bonds. The number of hydrogen-bond donors (Lipinski definition) is 2. The lowest BCUT2D eigenvalue weighted by Gasteiger charge is -2.12. The summed E-state index contributed by atoms with van der Waals surface area (Å²) in [5, 5.41) is 10.9. The summed E-state index contributed by atoms with van der Waals surface area (Å²) >= 11 is 0. The Labute approximate surface area is 187 Å². The van der Waals surface area contributed by atoms with Crippen molar-refractivity contribution < 1.29 is 4.39 Å². The first-order chi connectivity index (χ1) is 13.5.